The largest absolute Gasteiger partial charge is 0.467 e. The Morgan fingerprint density at radius 3 is 2.89 bits per heavy atom. The first kappa shape index (κ1) is 12.1. The second-order valence-corrected chi connectivity index (χ2v) is 3.49. The van der Waals surface area contributed by atoms with Gasteiger partial charge in [-0.05, 0) is 12.1 Å². The van der Waals surface area contributed by atoms with Gasteiger partial charge in [0.2, 0.25) is 0 Å². The number of aliphatic hydroxyl groups is 1. The molecule has 0 atom stereocenters. The topological polar surface area (TPSA) is 88.6 Å². The zero-order valence-corrected chi connectivity index (χ0v) is 9.60. The van der Waals surface area contributed by atoms with Crippen molar-refractivity contribution < 1.29 is 19.4 Å². The summed E-state index contributed by atoms with van der Waals surface area (Å²) >= 11 is 0. The first-order valence-corrected chi connectivity index (χ1v) is 5.15. The summed E-state index contributed by atoms with van der Waals surface area (Å²) in [5, 5.41) is 9.02. The van der Waals surface area contributed by atoms with Crippen molar-refractivity contribution in [3.8, 4) is 5.75 Å². The third-order valence-corrected chi connectivity index (χ3v) is 2.44. The zero-order valence-electron chi connectivity index (χ0n) is 9.60. The van der Waals surface area contributed by atoms with Crippen LogP contribution in [0.4, 0.5) is 0 Å². The molecule has 0 unspecified atom stereocenters. The summed E-state index contributed by atoms with van der Waals surface area (Å²) in [6.45, 7) is -0.530. The number of pyridine rings is 1. The number of hydrogen-bond acceptors (Lipinski definition) is 5. The molecule has 18 heavy (non-hydrogen) atoms. The SMILES string of the molecule is COC(=O)c1cc(=O)c2c(OCO)cccc2[nH]1. The quantitative estimate of drug-likeness (QED) is 0.615. The van der Waals surface area contributed by atoms with Crippen LogP contribution in [0.5, 0.6) is 5.75 Å². The number of rotatable bonds is 3. The van der Waals surface area contributed by atoms with Gasteiger partial charge in [-0.15, -0.1) is 0 Å². The van der Waals surface area contributed by atoms with Gasteiger partial charge in [-0.1, -0.05) is 6.07 Å². The molecule has 2 N–H and O–H groups in total. The molecule has 1 aromatic heterocycles. The summed E-state index contributed by atoms with van der Waals surface area (Å²) in [6, 6.07) is 5.97. The summed E-state index contributed by atoms with van der Waals surface area (Å²) in [6.07, 6.45) is 0. The summed E-state index contributed by atoms with van der Waals surface area (Å²) in [5.41, 5.74) is 0.123. The number of ether oxygens (including phenoxy) is 2. The van der Waals surface area contributed by atoms with E-state index in [9.17, 15) is 9.59 Å². The molecule has 1 aromatic carbocycles. The number of methoxy groups -OCH3 is 1. The van der Waals surface area contributed by atoms with Gasteiger partial charge in [-0.25, -0.2) is 4.79 Å². The van der Waals surface area contributed by atoms with E-state index in [2.05, 4.69) is 9.72 Å². The fourth-order valence-electron chi connectivity index (χ4n) is 1.68. The first-order valence-electron chi connectivity index (χ1n) is 5.15. The second-order valence-electron chi connectivity index (χ2n) is 3.49. The van der Waals surface area contributed by atoms with Gasteiger partial charge in [0.25, 0.3) is 0 Å². The van der Waals surface area contributed by atoms with Crippen molar-refractivity contribution in [2.45, 2.75) is 0 Å². The van der Waals surface area contributed by atoms with Gasteiger partial charge in [0.15, 0.2) is 12.2 Å². The molecule has 0 fully saturated rings. The number of carbonyl (C=O) groups is 1. The van der Waals surface area contributed by atoms with Crippen LogP contribution in [0, 0.1) is 0 Å². The number of H-pyrrole nitrogens is 1. The standard InChI is InChI=1S/C12H11NO5/c1-17-12(16)8-5-9(15)11-7(13-8)3-2-4-10(11)18-6-14/h2-5,14H,6H2,1H3,(H,13,15). The monoisotopic (exact) mass is 249 g/mol. The number of aliphatic hydroxyl groups excluding tert-OH is 1. The Hall–Kier alpha value is -2.34. The van der Waals surface area contributed by atoms with Crippen LogP contribution in [0.25, 0.3) is 10.9 Å². The highest BCUT2D eigenvalue weighted by atomic mass is 16.6. The molecule has 94 valence electrons. The van der Waals surface area contributed by atoms with Crippen molar-refractivity contribution in [2.75, 3.05) is 13.9 Å². The molecule has 2 aromatic rings. The highest BCUT2D eigenvalue weighted by molar-refractivity contribution is 5.92. The number of aromatic amines is 1. The molecule has 0 aliphatic rings. The van der Waals surface area contributed by atoms with E-state index in [1.807, 2.05) is 0 Å². The van der Waals surface area contributed by atoms with Crippen LogP contribution in [0.2, 0.25) is 0 Å². The van der Waals surface area contributed by atoms with E-state index in [0.29, 0.717) is 5.52 Å². The molecule has 0 saturated heterocycles. The summed E-state index contributed by atoms with van der Waals surface area (Å²) in [7, 11) is 1.23. The van der Waals surface area contributed by atoms with Crippen molar-refractivity contribution in [1.29, 1.82) is 0 Å². The van der Waals surface area contributed by atoms with Crippen LogP contribution in [-0.4, -0.2) is 30.0 Å². The normalized spacial score (nSPS) is 10.3. The molecule has 0 amide bonds. The number of carbonyl (C=O) groups excluding carboxylic acids is 1. The Labute approximate surface area is 102 Å². The Bertz CT molecular complexity index is 646. The predicted molar refractivity (Wildman–Crippen MR) is 63.6 cm³/mol. The third kappa shape index (κ3) is 2.05. The van der Waals surface area contributed by atoms with Crippen molar-refractivity contribution in [2.24, 2.45) is 0 Å². The minimum Gasteiger partial charge on any atom is -0.467 e. The van der Waals surface area contributed by atoms with Crippen LogP contribution in [0.1, 0.15) is 10.5 Å². The third-order valence-electron chi connectivity index (χ3n) is 2.44. The van der Waals surface area contributed by atoms with E-state index in [4.69, 9.17) is 9.84 Å². The van der Waals surface area contributed by atoms with Gasteiger partial charge >= 0.3 is 5.97 Å². The molecule has 6 nitrogen and oxygen atoms in total. The Kier molecular flexibility index (Phi) is 3.29. The van der Waals surface area contributed by atoms with E-state index < -0.39 is 12.8 Å². The molecule has 2 rings (SSSR count). The van der Waals surface area contributed by atoms with Crippen LogP contribution in [0.15, 0.2) is 29.1 Å². The summed E-state index contributed by atoms with van der Waals surface area (Å²) < 4.78 is 9.48. The zero-order chi connectivity index (χ0) is 13.1. The lowest BCUT2D eigenvalue weighted by Gasteiger charge is -2.07. The molecular formula is C12H11NO5. The molecule has 0 bridgehead atoms. The van der Waals surface area contributed by atoms with Crippen molar-refractivity contribution in [3.05, 3.63) is 40.2 Å². The average molecular weight is 249 g/mol. The fraction of sp³-hybridized carbons (Fsp3) is 0.167. The second kappa shape index (κ2) is 4.89. The predicted octanol–water partition coefficient (Wildman–Crippen LogP) is 0.643. The molecule has 0 aliphatic carbocycles. The van der Waals surface area contributed by atoms with Gasteiger partial charge in [-0.3, -0.25) is 4.79 Å². The number of hydrogen-bond donors (Lipinski definition) is 2. The molecule has 0 saturated carbocycles. The average Bonchev–Trinajstić information content (AvgIpc) is 2.38. The van der Waals surface area contributed by atoms with Crippen LogP contribution in [0.3, 0.4) is 0 Å². The highest BCUT2D eigenvalue weighted by Gasteiger charge is 2.12. The van der Waals surface area contributed by atoms with Gasteiger partial charge in [-0.2, -0.15) is 0 Å². The van der Waals surface area contributed by atoms with E-state index in [1.54, 1.807) is 18.2 Å². The van der Waals surface area contributed by atoms with Crippen molar-refractivity contribution >= 4 is 16.9 Å². The fourth-order valence-corrected chi connectivity index (χ4v) is 1.68. The van der Waals surface area contributed by atoms with E-state index >= 15 is 0 Å². The van der Waals surface area contributed by atoms with Gasteiger partial charge in [0.05, 0.1) is 18.0 Å². The van der Waals surface area contributed by atoms with Crippen molar-refractivity contribution in [3.63, 3.8) is 0 Å². The number of aromatic nitrogens is 1. The molecular weight excluding hydrogens is 238 g/mol. The Balaban J connectivity index is 2.69. The first-order chi connectivity index (χ1) is 8.67. The lowest BCUT2D eigenvalue weighted by molar-refractivity contribution is 0.0594. The summed E-state index contributed by atoms with van der Waals surface area (Å²) in [5.74, 6) is -0.366. The molecule has 0 aliphatic heterocycles. The van der Waals surface area contributed by atoms with Gasteiger partial charge in [0, 0.05) is 6.07 Å². The number of nitrogens with one attached hydrogen (secondary N) is 1. The maximum Gasteiger partial charge on any atom is 0.354 e. The summed E-state index contributed by atoms with van der Waals surface area (Å²) in [4.78, 5) is 26.1. The number of fused-ring (bicyclic) bond motifs is 1. The lowest BCUT2D eigenvalue weighted by Crippen LogP contribution is -2.12. The molecule has 1 heterocycles. The van der Waals surface area contributed by atoms with E-state index in [0.717, 1.165) is 6.07 Å². The molecule has 0 spiro atoms. The smallest absolute Gasteiger partial charge is 0.354 e. The number of benzene rings is 1. The van der Waals surface area contributed by atoms with E-state index in [-0.39, 0.29) is 22.3 Å². The van der Waals surface area contributed by atoms with Crippen molar-refractivity contribution in [1.82, 2.24) is 4.98 Å². The van der Waals surface area contributed by atoms with Crippen LogP contribution >= 0.6 is 0 Å². The lowest BCUT2D eigenvalue weighted by atomic mass is 10.1. The van der Waals surface area contributed by atoms with Gasteiger partial charge in [0.1, 0.15) is 11.4 Å². The molecule has 6 heteroatoms. The maximum atomic E-state index is 11.9. The van der Waals surface area contributed by atoms with Gasteiger partial charge < -0.3 is 19.6 Å². The Morgan fingerprint density at radius 1 is 1.44 bits per heavy atom. The van der Waals surface area contributed by atoms with Crippen LogP contribution in [-0.2, 0) is 4.74 Å². The minimum atomic E-state index is -0.623. The number of esters is 1. The molecule has 0 radical (unpaired) electrons. The van der Waals surface area contributed by atoms with E-state index in [1.165, 1.54) is 7.11 Å². The highest BCUT2D eigenvalue weighted by Crippen LogP contribution is 2.21. The van der Waals surface area contributed by atoms with Crippen LogP contribution < -0.4 is 10.2 Å². The Morgan fingerprint density at radius 2 is 2.22 bits per heavy atom. The maximum absolute atomic E-state index is 11.9. The minimum absolute atomic E-state index is 0.0659.